The average Bonchev–Trinajstić information content (AvgIpc) is 2.47. The Kier molecular flexibility index (Phi) is 4.32. The van der Waals surface area contributed by atoms with Crippen molar-refractivity contribution >= 4 is 52.0 Å². The quantitative estimate of drug-likeness (QED) is 0.830. The minimum absolute atomic E-state index is 0.205. The number of hydrogen-bond acceptors (Lipinski definition) is 2. The van der Waals surface area contributed by atoms with E-state index in [1.54, 1.807) is 12.1 Å². The lowest BCUT2D eigenvalue weighted by molar-refractivity contribution is 0.0959. The van der Waals surface area contributed by atoms with Crippen LogP contribution in [0.15, 0.2) is 12.1 Å². The van der Waals surface area contributed by atoms with Crippen LogP contribution in [0.1, 0.15) is 9.67 Å². The molecule has 0 saturated heterocycles. The van der Waals surface area contributed by atoms with E-state index in [1.165, 1.54) is 11.3 Å². The summed E-state index contributed by atoms with van der Waals surface area (Å²) < 4.78 is 0.582. The number of rotatable bonds is 3. The fraction of sp³-hybridized carbons (Fsp3) is 0.286. The van der Waals surface area contributed by atoms with Gasteiger partial charge in [-0.25, -0.2) is 0 Å². The second-order valence-corrected chi connectivity index (χ2v) is 5.20. The summed E-state index contributed by atoms with van der Waals surface area (Å²) in [6.07, 6.45) is 0. The summed E-state index contributed by atoms with van der Waals surface area (Å²) in [6, 6.07) is 3.32. The van der Waals surface area contributed by atoms with Crippen molar-refractivity contribution in [1.82, 2.24) is 5.32 Å². The number of thiophene rings is 1. The number of carbonyl (C=O) groups excluding carboxylic acids is 1. The Labute approximate surface area is 94.8 Å². The van der Waals surface area contributed by atoms with E-state index in [2.05, 4.69) is 5.32 Å². The molecule has 0 atom stereocenters. The third-order valence-corrected chi connectivity index (χ3v) is 2.75. The highest BCUT2D eigenvalue weighted by atomic mass is 35.5. The lowest BCUT2D eigenvalue weighted by Gasteiger charge is -2.02. The first-order chi connectivity index (χ1) is 6.09. The van der Waals surface area contributed by atoms with Gasteiger partial charge in [0.05, 0.1) is 9.21 Å². The molecular formula is C7H6Cl3NOS. The summed E-state index contributed by atoms with van der Waals surface area (Å²) in [4.78, 5) is 11.3. The fourth-order valence-corrected chi connectivity index (χ4v) is 1.81. The molecule has 0 unspecified atom stereocenters. The molecule has 2 nitrogen and oxygen atoms in total. The molecule has 0 aliphatic heterocycles. The number of alkyl halides is 2. The molecule has 6 heteroatoms. The minimum Gasteiger partial charge on any atom is -0.349 e. The average molecular weight is 259 g/mol. The number of amides is 1. The fourth-order valence-electron chi connectivity index (χ4n) is 0.693. The van der Waals surface area contributed by atoms with Crippen LogP contribution < -0.4 is 5.32 Å². The summed E-state index contributed by atoms with van der Waals surface area (Å²) in [5, 5.41) is 2.56. The summed E-state index contributed by atoms with van der Waals surface area (Å²) in [5.74, 6) is -0.205. The van der Waals surface area contributed by atoms with Crippen molar-refractivity contribution in [2.75, 3.05) is 6.54 Å². The zero-order chi connectivity index (χ0) is 9.84. The van der Waals surface area contributed by atoms with Crippen LogP contribution in [0.25, 0.3) is 0 Å². The van der Waals surface area contributed by atoms with E-state index in [1.807, 2.05) is 0 Å². The zero-order valence-electron chi connectivity index (χ0n) is 6.39. The molecule has 1 amide bonds. The van der Waals surface area contributed by atoms with Gasteiger partial charge in [-0.1, -0.05) is 11.6 Å². The smallest absolute Gasteiger partial charge is 0.261 e. The Balaban J connectivity index is 2.49. The Hall–Kier alpha value is 0.0400. The van der Waals surface area contributed by atoms with Gasteiger partial charge in [-0.15, -0.1) is 34.5 Å². The molecule has 0 aliphatic carbocycles. The van der Waals surface area contributed by atoms with Crippen molar-refractivity contribution in [1.29, 1.82) is 0 Å². The minimum atomic E-state index is -0.584. The lowest BCUT2D eigenvalue weighted by atomic mass is 10.4. The van der Waals surface area contributed by atoms with Gasteiger partial charge in [0.1, 0.15) is 4.84 Å². The second-order valence-electron chi connectivity index (χ2n) is 2.20. The van der Waals surface area contributed by atoms with Gasteiger partial charge in [-0.05, 0) is 12.1 Å². The van der Waals surface area contributed by atoms with E-state index in [9.17, 15) is 4.79 Å². The Morgan fingerprint density at radius 1 is 1.54 bits per heavy atom. The highest BCUT2D eigenvalue weighted by Crippen LogP contribution is 2.21. The van der Waals surface area contributed by atoms with Gasteiger partial charge in [-0.3, -0.25) is 4.79 Å². The van der Waals surface area contributed by atoms with Gasteiger partial charge >= 0.3 is 0 Å². The van der Waals surface area contributed by atoms with Gasteiger partial charge in [0.25, 0.3) is 5.91 Å². The molecule has 1 aromatic rings. The van der Waals surface area contributed by atoms with Crippen molar-refractivity contribution in [3.8, 4) is 0 Å². The molecule has 0 spiro atoms. The molecule has 0 aliphatic rings. The summed E-state index contributed by atoms with van der Waals surface area (Å²) in [7, 11) is 0. The molecule has 13 heavy (non-hydrogen) atoms. The van der Waals surface area contributed by atoms with Gasteiger partial charge in [0, 0.05) is 6.54 Å². The van der Waals surface area contributed by atoms with Gasteiger partial charge in [-0.2, -0.15) is 0 Å². The van der Waals surface area contributed by atoms with E-state index in [0.29, 0.717) is 9.21 Å². The topological polar surface area (TPSA) is 29.1 Å². The maximum Gasteiger partial charge on any atom is 0.261 e. The Morgan fingerprint density at radius 3 is 2.69 bits per heavy atom. The first kappa shape index (κ1) is 11.1. The van der Waals surface area contributed by atoms with Crippen molar-refractivity contribution in [3.05, 3.63) is 21.3 Å². The summed E-state index contributed by atoms with van der Waals surface area (Å²) >= 11 is 17.8. The maximum absolute atomic E-state index is 11.3. The van der Waals surface area contributed by atoms with Gasteiger partial charge in [0.15, 0.2) is 0 Å². The molecule has 0 radical (unpaired) electrons. The first-order valence-corrected chi connectivity index (χ1v) is 5.48. The molecule has 0 bridgehead atoms. The number of halogens is 3. The molecule has 1 heterocycles. The second kappa shape index (κ2) is 5.05. The molecule has 1 rings (SSSR count). The Bertz CT molecular complexity index is 300. The largest absolute Gasteiger partial charge is 0.349 e. The van der Waals surface area contributed by atoms with Crippen LogP contribution in [-0.2, 0) is 0 Å². The molecule has 1 aromatic heterocycles. The van der Waals surface area contributed by atoms with Crippen LogP contribution in [0.2, 0.25) is 4.34 Å². The molecule has 1 N–H and O–H groups in total. The van der Waals surface area contributed by atoms with E-state index < -0.39 is 4.84 Å². The molecule has 72 valence electrons. The van der Waals surface area contributed by atoms with Crippen LogP contribution in [0.5, 0.6) is 0 Å². The van der Waals surface area contributed by atoms with Gasteiger partial charge < -0.3 is 5.32 Å². The molecule has 0 aromatic carbocycles. The maximum atomic E-state index is 11.3. The van der Waals surface area contributed by atoms with Crippen molar-refractivity contribution in [2.45, 2.75) is 4.84 Å². The molecular weight excluding hydrogens is 253 g/mol. The Morgan fingerprint density at radius 2 is 2.23 bits per heavy atom. The van der Waals surface area contributed by atoms with E-state index >= 15 is 0 Å². The first-order valence-electron chi connectivity index (χ1n) is 3.41. The zero-order valence-corrected chi connectivity index (χ0v) is 9.47. The lowest BCUT2D eigenvalue weighted by Crippen LogP contribution is -2.26. The number of nitrogens with one attached hydrogen (secondary N) is 1. The third-order valence-electron chi connectivity index (χ3n) is 1.21. The van der Waals surface area contributed by atoms with E-state index in [4.69, 9.17) is 34.8 Å². The van der Waals surface area contributed by atoms with E-state index in [-0.39, 0.29) is 12.5 Å². The van der Waals surface area contributed by atoms with Crippen LogP contribution in [0, 0.1) is 0 Å². The third kappa shape index (κ3) is 3.73. The standard InChI is InChI=1S/C7H6Cl3NOS/c8-5(9)3-11-7(12)4-1-2-6(10)13-4/h1-2,5H,3H2,(H,11,12). The highest BCUT2D eigenvalue weighted by Gasteiger charge is 2.09. The number of hydrogen-bond donors (Lipinski definition) is 1. The van der Waals surface area contributed by atoms with Crippen molar-refractivity contribution in [3.63, 3.8) is 0 Å². The normalized spacial score (nSPS) is 10.5. The van der Waals surface area contributed by atoms with Crippen molar-refractivity contribution < 1.29 is 4.79 Å². The molecule has 0 fully saturated rings. The van der Waals surface area contributed by atoms with E-state index in [0.717, 1.165) is 0 Å². The van der Waals surface area contributed by atoms with Crippen LogP contribution in [0.3, 0.4) is 0 Å². The van der Waals surface area contributed by atoms with Crippen LogP contribution in [0.4, 0.5) is 0 Å². The molecule has 0 saturated carbocycles. The van der Waals surface area contributed by atoms with Crippen molar-refractivity contribution in [2.24, 2.45) is 0 Å². The monoisotopic (exact) mass is 257 g/mol. The van der Waals surface area contributed by atoms with Gasteiger partial charge in [0.2, 0.25) is 0 Å². The predicted octanol–water partition coefficient (Wildman–Crippen LogP) is 2.94. The predicted molar refractivity (Wildman–Crippen MR) is 57.2 cm³/mol. The summed E-state index contributed by atoms with van der Waals surface area (Å²) in [5.41, 5.74) is 0. The highest BCUT2D eigenvalue weighted by molar-refractivity contribution is 7.17. The van der Waals surface area contributed by atoms with Crippen LogP contribution in [-0.4, -0.2) is 17.3 Å². The number of carbonyl (C=O) groups is 1. The summed E-state index contributed by atoms with van der Waals surface area (Å²) in [6.45, 7) is 0.234. The van der Waals surface area contributed by atoms with Crippen LogP contribution >= 0.6 is 46.1 Å². The SMILES string of the molecule is O=C(NCC(Cl)Cl)c1ccc(Cl)s1.